The van der Waals surface area contributed by atoms with Gasteiger partial charge in [-0.3, -0.25) is 4.98 Å². The highest BCUT2D eigenvalue weighted by Gasteiger charge is 2.11. The standard InChI is InChI=1S/C16H12ClNO/c17-14-5-1-3-12(9-14)16(19)13-7-6-11-4-2-8-18-15(11)10-13/h1-10,16,19H. The number of fused-ring (bicyclic) bond motifs is 1. The Balaban J connectivity index is 2.04. The second-order valence-corrected chi connectivity index (χ2v) is 4.85. The maximum Gasteiger partial charge on any atom is 0.104 e. The van der Waals surface area contributed by atoms with Gasteiger partial charge in [0.25, 0.3) is 0 Å². The molecule has 0 bridgehead atoms. The molecule has 0 radical (unpaired) electrons. The molecule has 0 aliphatic rings. The minimum Gasteiger partial charge on any atom is -0.384 e. The van der Waals surface area contributed by atoms with Gasteiger partial charge in [0.05, 0.1) is 5.52 Å². The van der Waals surface area contributed by atoms with Crippen molar-refractivity contribution in [1.29, 1.82) is 0 Å². The predicted octanol–water partition coefficient (Wildman–Crippen LogP) is 3.97. The van der Waals surface area contributed by atoms with Crippen molar-refractivity contribution < 1.29 is 5.11 Å². The van der Waals surface area contributed by atoms with Gasteiger partial charge in [-0.2, -0.15) is 0 Å². The number of hydrogen-bond donors (Lipinski definition) is 1. The highest BCUT2D eigenvalue weighted by atomic mass is 35.5. The smallest absolute Gasteiger partial charge is 0.104 e. The first-order valence-corrected chi connectivity index (χ1v) is 6.40. The van der Waals surface area contributed by atoms with Crippen LogP contribution in [0.4, 0.5) is 0 Å². The first-order valence-electron chi connectivity index (χ1n) is 6.02. The number of aliphatic hydroxyl groups excluding tert-OH is 1. The first-order chi connectivity index (χ1) is 9.24. The lowest BCUT2D eigenvalue weighted by Crippen LogP contribution is -1.99. The van der Waals surface area contributed by atoms with E-state index in [4.69, 9.17) is 11.6 Å². The topological polar surface area (TPSA) is 33.1 Å². The minimum absolute atomic E-state index is 0.621. The number of rotatable bonds is 2. The molecule has 0 saturated heterocycles. The fourth-order valence-electron chi connectivity index (χ4n) is 2.12. The van der Waals surface area contributed by atoms with Gasteiger partial charge in [0.1, 0.15) is 6.10 Å². The quantitative estimate of drug-likeness (QED) is 0.764. The summed E-state index contributed by atoms with van der Waals surface area (Å²) in [4.78, 5) is 4.30. The van der Waals surface area contributed by atoms with Crippen LogP contribution in [0.1, 0.15) is 17.2 Å². The predicted molar refractivity (Wildman–Crippen MR) is 77.3 cm³/mol. The molecule has 0 fully saturated rings. The van der Waals surface area contributed by atoms with Crippen molar-refractivity contribution in [2.24, 2.45) is 0 Å². The van der Waals surface area contributed by atoms with E-state index in [1.165, 1.54) is 0 Å². The fourth-order valence-corrected chi connectivity index (χ4v) is 2.32. The lowest BCUT2D eigenvalue weighted by Gasteiger charge is -2.12. The van der Waals surface area contributed by atoms with Crippen LogP contribution in [0.15, 0.2) is 60.8 Å². The summed E-state index contributed by atoms with van der Waals surface area (Å²) in [5.41, 5.74) is 2.47. The van der Waals surface area contributed by atoms with Gasteiger partial charge in [0.15, 0.2) is 0 Å². The minimum atomic E-state index is -0.690. The van der Waals surface area contributed by atoms with E-state index in [0.717, 1.165) is 22.0 Å². The summed E-state index contributed by atoms with van der Waals surface area (Å²) in [6.45, 7) is 0. The molecule has 94 valence electrons. The molecule has 3 rings (SSSR count). The Morgan fingerprint density at radius 3 is 2.63 bits per heavy atom. The molecule has 0 aliphatic carbocycles. The van der Waals surface area contributed by atoms with Gasteiger partial charge >= 0.3 is 0 Å². The van der Waals surface area contributed by atoms with Crippen LogP contribution in [-0.4, -0.2) is 10.1 Å². The summed E-state index contributed by atoms with van der Waals surface area (Å²) in [6, 6.07) is 16.9. The Morgan fingerprint density at radius 2 is 1.79 bits per heavy atom. The summed E-state index contributed by atoms with van der Waals surface area (Å²) >= 11 is 5.95. The molecule has 2 nitrogen and oxygen atoms in total. The van der Waals surface area contributed by atoms with E-state index in [2.05, 4.69) is 4.98 Å². The normalized spacial score (nSPS) is 12.5. The summed E-state index contributed by atoms with van der Waals surface area (Å²) in [7, 11) is 0. The Kier molecular flexibility index (Phi) is 3.20. The molecule has 0 saturated carbocycles. The zero-order chi connectivity index (χ0) is 13.2. The Labute approximate surface area is 116 Å². The van der Waals surface area contributed by atoms with E-state index < -0.39 is 6.10 Å². The van der Waals surface area contributed by atoms with Crippen molar-refractivity contribution in [1.82, 2.24) is 4.98 Å². The van der Waals surface area contributed by atoms with Crippen LogP contribution >= 0.6 is 11.6 Å². The van der Waals surface area contributed by atoms with E-state index in [1.807, 2.05) is 42.5 Å². The molecule has 1 aromatic heterocycles. The van der Waals surface area contributed by atoms with Crippen molar-refractivity contribution in [3.63, 3.8) is 0 Å². The van der Waals surface area contributed by atoms with Crippen molar-refractivity contribution in [2.75, 3.05) is 0 Å². The molecule has 1 heterocycles. The number of aliphatic hydroxyl groups is 1. The number of halogens is 1. The molecule has 0 amide bonds. The molecule has 1 N–H and O–H groups in total. The Bertz CT molecular complexity index is 727. The second kappa shape index (κ2) is 5.00. The third-order valence-electron chi connectivity index (χ3n) is 3.11. The number of benzene rings is 2. The third-order valence-corrected chi connectivity index (χ3v) is 3.35. The van der Waals surface area contributed by atoms with Gasteiger partial charge in [-0.1, -0.05) is 41.9 Å². The van der Waals surface area contributed by atoms with Crippen molar-refractivity contribution in [3.05, 3.63) is 76.9 Å². The Hall–Kier alpha value is -1.90. The fraction of sp³-hybridized carbons (Fsp3) is 0.0625. The van der Waals surface area contributed by atoms with E-state index in [1.54, 1.807) is 18.3 Å². The maximum atomic E-state index is 10.4. The van der Waals surface area contributed by atoms with Gasteiger partial charge in [0.2, 0.25) is 0 Å². The van der Waals surface area contributed by atoms with Gasteiger partial charge in [-0.05, 0) is 35.4 Å². The third kappa shape index (κ3) is 2.46. The summed E-state index contributed by atoms with van der Waals surface area (Å²) in [5, 5.41) is 12.1. The van der Waals surface area contributed by atoms with Gasteiger partial charge in [0, 0.05) is 16.6 Å². The molecule has 0 spiro atoms. The van der Waals surface area contributed by atoms with Gasteiger partial charge in [-0.25, -0.2) is 0 Å². The average molecular weight is 270 g/mol. The average Bonchev–Trinajstić information content (AvgIpc) is 2.46. The lowest BCUT2D eigenvalue weighted by atomic mass is 10.0. The highest BCUT2D eigenvalue weighted by Crippen LogP contribution is 2.26. The molecule has 19 heavy (non-hydrogen) atoms. The summed E-state index contributed by atoms with van der Waals surface area (Å²) in [6.07, 6.45) is 1.06. The van der Waals surface area contributed by atoms with Crippen LogP contribution in [0, 0.1) is 0 Å². The highest BCUT2D eigenvalue weighted by molar-refractivity contribution is 6.30. The number of aromatic nitrogens is 1. The van der Waals surface area contributed by atoms with Crippen molar-refractivity contribution >= 4 is 22.5 Å². The van der Waals surface area contributed by atoms with Crippen LogP contribution in [-0.2, 0) is 0 Å². The van der Waals surface area contributed by atoms with Crippen LogP contribution in [0.5, 0.6) is 0 Å². The summed E-state index contributed by atoms with van der Waals surface area (Å²) in [5.74, 6) is 0. The monoisotopic (exact) mass is 269 g/mol. The first kappa shape index (κ1) is 12.2. The van der Waals surface area contributed by atoms with Crippen molar-refractivity contribution in [2.45, 2.75) is 6.10 Å². The molecule has 1 unspecified atom stereocenters. The SMILES string of the molecule is OC(c1cccc(Cl)c1)c1ccc2cccnc2c1. The van der Waals surface area contributed by atoms with Crippen LogP contribution in [0.25, 0.3) is 10.9 Å². The van der Waals surface area contributed by atoms with E-state index in [-0.39, 0.29) is 0 Å². The molecule has 3 aromatic rings. The zero-order valence-electron chi connectivity index (χ0n) is 10.1. The molecule has 0 aliphatic heterocycles. The van der Waals surface area contributed by atoms with Gasteiger partial charge in [-0.15, -0.1) is 0 Å². The number of nitrogens with zero attached hydrogens (tertiary/aromatic N) is 1. The largest absolute Gasteiger partial charge is 0.384 e. The van der Waals surface area contributed by atoms with Crippen LogP contribution in [0.3, 0.4) is 0 Å². The zero-order valence-corrected chi connectivity index (χ0v) is 10.9. The second-order valence-electron chi connectivity index (χ2n) is 4.41. The van der Waals surface area contributed by atoms with Gasteiger partial charge < -0.3 is 5.11 Å². The van der Waals surface area contributed by atoms with E-state index in [0.29, 0.717) is 5.02 Å². The van der Waals surface area contributed by atoms with Crippen LogP contribution in [0.2, 0.25) is 5.02 Å². The molecule has 2 aromatic carbocycles. The van der Waals surface area contributed by atoms with E-state index in [9.17, 15) is 5.11 Å². The van der Waals surface area contributed by atoms with Crippen LogP contribution < -0.4 is 0 Å². The maximum absolute atomic E-state index is 10.4. The molecule has 3 heteroatoms. The van der Waals surface area contributed by atoms with Crippen molar-refractivity contribution in [3.8, 4) is 0 Å². The molecular weight excluding hydrogens is 258 g/mol. The Morgan fingerprint density at radius 1 is 0.947 bits per heavy atom. The number of pyridine rings is 1. The molecule has 1 atom stereocenters. The summed E-state index contributed by atoms with van der Waals surface area (Å²) < 4.78 is 0. The molecular formula is C16H12ClNO. The van der Waals surface area contributed by atoms with E-state index >= 15 is 0 Å². The number of hydrogen-bond acceptors (Lipinski definition) is 2. The lowest BCUT2D eigenvalue weighted by molar-refractivity contribution is 0.220.